The number of carbonyl (C=O) groups excluding carboxylic acids is 1. The quantitative estimate of drug-likeness (QED) is 0.672. The molecule has 0 atom stereocenters. The van der Waals surface area contributed by atoms with Gasteiger partial charge in [-0.25, -0.2) is 0 Å². The van der Waals surface area contributed by atoms with E-state index in [1.54, 1.807) is 40.5 Å². The molecule has 124 valence electrons. The molecule has 0 aliphatic carbocycles. The van der Waals surface area contributed by atoms with Crippen LogP contribution in [0.2, 0.25) is 0 Å². The molecule has 7 heteroatoms. The first kappa shape index (κ1) is 16.6. The first-order valence-corrected chi connectivity index (χ1v) is 9.03. The fraction of sp³-hybridized carbons (Fsp3) is 0.235. The Labute approximate surface area is 148 Å². The van der Waals surface area contributed by atoms with Crippen LogP contribution in [0.15, 0.2) is 41.8 Å². The molecule has 0 radical (unpaired) electrons. The molecule has 1 amide bonds. The third kappa shape index (κ3) is 3.98. The number of rotatable bonds is 6. The molecule has 0 saturated heterocycles. The maximum atomic E-state index is 12.4. The molecule has 0 aliphatic heterocycles. The van der Waals surface area contributed by atoms with Gasteiger partial charge in [0.15, 0.2) is 0 Å². The van der Waals surface area contributed by atoms with Gasteiger partial charge < -0.3 is 9.64 Å². The van der Waals surface area contributed by atoms with Crippen molar-refractivity contribution >= 4 is 29.0 Å². The highest BCUT2D eigenvalue weighted by molar-refractivity contribution is 7.09. The SMILES string of the molecule is Cc1nsnc1COc1ccc(C(=O)N(C)Cc2cccs2)cc1. The molecule has 1 aromatic carbocycles. The number of carbonyl (C=O) groups is 1. The van der Waals surface area contributed by atoms with Crippen LogP contribution in [0.25, 0.3) is 0 Å². The number of thiophene rings is 1. The molecule has 3 aromatic rings. The number of ether oxygens (including phenoxy) is 1. The fourth-order valence-electron chi connectivity index (χ4n) is 2.15. The van der Waals surface area contributed by atoms with E-state index in [0.29, 0.717) is 24.5 Å². The largest absolute Gasteiger partial charge is 0.487 e. The summed E-state index contributed by atoms with van der Waals surface area (Å²) < 4.78 is 14.0. The monoisotopic (exact) mass is 359 g/mol. The zero-order chi connectivity index (χ0) is 16.9. The lowest BCUT2D eigenvalue weighted by Gasteiger charge is -2.16. The number of nitrogens with zero attached hydrogens (tertiary/aromatic N) is 3. The molecular formula is C17H17N3O2S2. The summed E-state index contributed by atoms with van der Waals surface area (Å²) >= 11 is 2.83. The van der Waals surface area contributed by atoms with Gasteiger partial charge in [0.2, 0.25) is 0 Å². The van der Waals surface area contributed by atoms with Gasteiger partial charge in [0.05, 0.1) is 24.0 Å². The van der Waals surface area contributed by atoms with Crippen LogP contribution in [0.3, 0.4) is 0 Å². The zero-order valence-corrected chi connectivity index (χ0v) is 15.1. The van der Waals surface area contributed by atoms with Crippen LogP contribution < -0.4 is 4.74 Å². The van der Waals surface area contributed by atoms with Crippen molar-refractivity contribution in [2.24, 2.45) is 0 Å². The lowest BCUT2D eigenvalue weighted by molar-refractivity contribution is 0.0786. The molecule has 24 heavy (non-hydrogen) atoms. The molecule has 0 saturated carbocycles. The van der Waals surface area contributed by atoms with E-state index in [1.165, 1.54) is 11.7 Å². The van der Waals surface area contributed by atoms with Gasteiger partial charge in [0.25, 0.3) is 5.91 Å². The first-order valence-electron chi connectivity index (χ1n) is 7.42. The average molecular weight is 359 g/mol. The van der Waals surface area contributed by atoms with E-state index < -0.39 is 0 Å². The second kappa shape index (κ2) is 7.55. The Hall–Kier alpha value is -2.25. The van der Waals surface area contributed by atoms with Gasteiger partial charge in [-0.3, -0.25) is 4.79 Å². The van der Waals surface area contributed by atoms with Crippen LogP contribution in [0.5, 0.6) is 5.75 Å². The molecule has 0 N–H and O–H groups in total. The van der Waals surface area contributed by atoms with E-state index in [2.05, 4.69) is 8.75 Å². The predicted octanol–water partition coefficient (Wildman–Crippen LogP) is 3.76. The topological polar surface area (TPSA) is 55.3 Å². The minimum atomic E-state index is -0.00510. The Kier molecular flexibility index (Phi) is 5.22. The molecule has 2 aromatic heterocycles. The molecular weight excluding hydrogens is 342 g/mol. The van der Waals surface area contributed by atoms with Crippen molar-refractivity contribution in [2.75, 3.05) is 7.05 Å². The Morgan fingerprint density at radius 3 is 2.62 bits per heavy atom. The number of aryl methyl sites for hydroxylation is 1. The molecule has 0 fully saturated rings. The smallest absolute Gasteiger partial charge is 0.253 e. The van der Waals surface area contributed by atoms with Crippen LogP contribution in [0.1, 0.15) is 26.6 Å². The van der Waals surface area contributed by atoms with Crippen molar-refractivity contribution in [2.45, 2.75) is 20.1 Å². The van der Waals surface area contributed by atoms with Crippen molar-refractivity contribution in [3.8, 4) is 5.75 Å². The van der Waals surface area contributed by atoms with E-state index >= 15 is 0 Å². The fourth-order valence-corrected chi connectivity index (χ4v) is 3.46. The normalized spacial score (nSPS) is 10.6. The highest BCUT2D eigenvalue weighted by Crippen LogP contribution is 2.17. The average Bonchev–Trinajstić information content (AvgIpc) is 3.24. The van der Waals surface area contributed by atoms with Crippen molar-refractivity contribution in [1.29, 1.82) is 0 Å². The maximum absolute atomic E-state index is 12.4. The van der Waals surface area contributed by atoms with Gasteiger partial charge in [0.1, 0.15) is 18.1 Å². The van der Waals surface area contributed by atoms with Crippen molar-refractivity contribution in [1.82, 2.24) is 13.6 Å². The number of hydrogen-bond acceptors (Lipinski definition) is 6. The van der Waals surface area contributed by atoms with Crippen molar-refractivity contribution < 1.29 is 9.53 Å². The lowest BCUT2D eigenvalue weighted by Crippen LogP contribution is -2.25. The second-order valence-corrected chi connectivity index (χ2v) is 6.91. The molecule has 2 heterocycles. The van der Waals surface area contributed by atoms with Crippen LogP contribution in [-0.2, 0) is 13.2 Å². The second-order valence-electron chi connectivity index (χ2n) is 5.35. The summed E-state index contributed by atoms with van der Waals surface area (Å²) in [6, 6.07) is 11.2. The minimum absolute atomic E-state index is 0.00510. The van der Waals surface area contributed by atoms with Crippen LogP contribution in [-0.4, -0.2) is 26.6 Å². The lowest BCUT2D eigenvalue weighted by atomic mass is 10.2. The molecule has 0 bridgehead atoms. The Morgan fingerprint density at radius 1 is 1.21 bits per heavy atom. The van der Waals surface area contributed by atoms with Gasteiger partial charge in [-0.1, -0.05) is 6.07 Å². The number of benzene rings is 1. The Morgan fingerprint density at radius 2 is 2.00 bits per heavy atom. The first-order chi connectivity index (χ1) is 11.6. The molecule has 5 nitrogen and oxygen atoms in total. The van der Waals surface area contributed by atoms with Gasteiger partial charge in [0, 0.05) is 17.5 Å². The predicted molar refractivity (Wildman–Crippen MR) is 95.5 cm³/mol. The van der Waals surface area contributed by atoms with Crippen LogP contribution in [0, 0.1) is 6.92 Å². The van der Waals surface area contributed by atoms with Crippen LogP contribution in [0.4, 0.5) is 0 Å². The van der Waals surface area contributed by atoms with E-state index in [9.17, 15) is 4.79 Å². The van der Waals surface area contributed by atoms with Crippen LogP contribution >= 0.6 is 23.1 Å². The standard InChI is InChI=1S/C17H17N3O2S2/c1-12-16(19-24-18-12)11-22-14-7-5-13(6-8-14)17(21)20(2)10-15-4-3-9-23-15/h3-9H,10-11H2,1-2H3. The van der Waals surface area contributed by atoms with E-state index in [1.807, 2.05) is 31.5 Å². The third-order valence-electron chi connectivity index (χ3n) is 3.54. The summed E-state index contributed by atoms with van der Waals surface area (Å²) in [5, 5.41) is 2.01. The number of hydrogen-bond donors (Lipinski definition) is 0. The summed E-state index contributed by atoms with van der Waals surface area (Å²) in [4.78, 5) is 15.3. The minimum Gasteiger partial charge on any atom is -0.487 e. The van der Waals surface area contributed by atoms with E-state index in [0.717, 1.165) is 16.3 Å². The number of amides is 1. The number of aromatic nitrogens is 2. The highest BCUT2D eigenvalue weighted by atomic mass is 32.1. The molecule has 0 unspecified atom stereocenters. The molecule has 0 spiro atoms. The van der Waals surface area contributed by atoms with E-state index in [4.69, 9.17) is 4.74 Å². The van der Waals surface area contributed by atoms with Gasteiger partial charge in [-0.05, 0) is 42.6 Å². The molecule has 0 aliphatic rings. The molecule has 3 rings (SSSR count). The van der Waals surface area contributed by atoms with E-state index in [-0.39, 0.29) is 5.91 Å². The van der Waals surface area contributed by atoms with Gasteiger partial charge in [-0.15, -0.1) is 11.3 Å². The third-order valence-corrected chi connectivity index (χ3v) is 5.06. The summed E-state index contributed by atoms with van der Waals surface area (Å²) in [5.41, 5.74) is 2.38. The van der Waals surface area contributed by atoms with Crippen molar-refractivity contribution in [3.63, 3.8) is 0 Å². The zero-order valence-electron chi connectivity index (χ0n) is 13.4. The maximum Gasteiger partial charge on any atom is 0.253 e. The summed E-state index contributed by atoms with van der Waals surface area (Å²) in [6.45, 7) is 2.91. The Balaban J connectivity index is 1.59. The Bertz CT molecular complexity index is 798. The highest BCUT2D eigenvalue weighted by Gasteiger charge is 2.13. The summed E-state index contributed by atoms with van der Waals surface area (Å²) in [7, 11) is 1.81. The summed E-state index contributed by atoms with van der Waals surface area (Å²) in [5.74, 6) is 0.703. The van der Waals surface area contributed by atoms with Gasteiger partial charge in [-0.2, -0.15) is 8.75 Å². The van der Waals surface area contributed by atoms with Crippen molar-refractivity contribution in [3.05, 3.63) is 63.6 Å². The summed E-state index contributed by atoms with van der Waals surface area (Å²) in [6.07, 6.45) is 0. The van der Waals surface area contributed by atoms with Gasteiger partial charge >= 0.3 is 0 Å².